The van der Waals surface area contributed by atoms with Gasteiger partial charge < -0.3 is 9.84 Å². The molecule has 106 valence electrons. The van der Waals surface area contributed by atoms with Crippen LogP contribution >= 0.6 is 0 Å². The molecule has 0 aliphatic rings. The molecule has 3 heteroatoms. The van der Waals surface area contributed by atoms with Gasteiger partial charge in [0, 0.05) is 6.42 Å². The largest absolute Gasteiger partial charge is 0.496 e. The molecule has 1 unspecified atom stereocenters. The first-order chi connectivity index (χ1) is 9.60. The normalized spacial score (nSPS) is 12.2. The van der Waals surface area contributed by atoms with Crippen molar-refractivity contribution in [3.63, 3.8) is 0 Å². The molecule has 0 heterocycles. The fraction of sp³-hybridized carbons (Fsp3) is 0.294. The van der Waals surface area contributed by atoms with Gasteiger partial charge >= 0.3 is 0 Å². The Balaban J connectivity index is 2.07. The molecule has 2 rings (SSSR count). The van der Waals surface area contributed by atoms with Crippen LogP contribution in [0, 0.1) is 12.7 Å². The van der Waals surface area contributed by atoms with Crippen LogP contribution in [0.25, 0.3) is 0 Å². The summed E-state index contributed by atoms with van der Waals surface area (Å²) in [6.07, 6.45) is 0.501. The van der Waals surface area contributed by atoms with Crippen LogP contribution in [0.4, 0.5) is 4.39 Å². The molecule has 0 fully saturated rings. The number of rotatable bonds is 5. The monoisotopic (exact) mass is 274 g/mol. The Bertz CT molecular complexity index is 581. The third-order valence-corrected chi connectivity index (χ3v) is 3.41. The third-order valence-electron chi connectivity index (χ3n) is 3.41. The number of hydrogen-bond donors (Lipinski definition) is 1. The Morgan fingerprint density at radius 1 is 1.10 bits per heavy atom. The fourth-order valence-electron chi connectivity index (χ4n) is 2.34. The Morgan fingerprint density at radius 2 is 1.80 bits per heavy atom. The molecule has 0 saturated heterocycles. The van der Waals surface area contributed by atoms with Gasteiger partial charge in [0.15, 0.2) is 0 Å². The van der Waals surface area contributed by atoms with Gasteiger partial charge in [-0.3, -0.25) is 0 Å². The summed E-state index contributed by atoms with van der Waals surface area (Å²) < 4.78 is 18.3. The van der Waals surface area contributed by atoms with Crippen molar-refractivity contribution < 1.29 is 14.2 Å². The van der Waals surface area contributed by atoms with Crippen molar-refractivity contribution in [3.8, 4) is 5.75 Å². The number of aryl methyl sites for hydroxylation is 1. The molecule has 1 N–H and O–H groups in total. The number of aliphatic hydroxyl groups excluding tert-OH is 1. The van der Waals surface area contributed by atoms with Crippen LogP contribution in [0.5, 0.6) is 5.75 Å². The van der Waals surface area contributed by atoms with Crippen LogP contribution in [0.15, 0.2) is 42.5 Å². The van der Waals surface area contributed by atoms with Gasteiger partial charge in [-0.1, -0.05) is 24.3 Å². The zero-order chi connectivity index (χ0) is 14.5. The number of benzene rings is 2. The van der Waals surface area contributed by atoms with Crippen LogP contribution in [0.2, 0.25) is 0 Å². The van der Waals surface area contributed by atoms with Gasteiger partial charge in [-0.25, -0.2) is 4.39 Å². The van der Waals surface area contributed by atoms with Gasteiger partial charge in [0.2, 0.25) is 0 Å². The molecule has 0 aliphatic heterocycles. The van der Waals surface area contributed by atoms with Gasteiger partial charge in [-0.2, -0.15) is 0 Å². The zero-order valence-corrected chi connectivity index (χ0v) is 11.8. The molecule has 1 atom stereocenters. The van der Waals surface area contributed by atoms with E-state index in [9.17, 15) is 9.50 Å². The topological polar surface area (TPSA) is 29.5 Å². The predicted octanol–water partition coefficient (Wildman–Crippen LogP) is 3.29. The first-order valence-corrected chi connectivity index (χ1v) is 6.65. The van der Waals surface area contributed by atoms with Crippen LogP contribution < -0.4 is 4.74 Å². The van der Waals surface area contributed by atoms with Crippen molar-refractivity contribution in [2.24, 2.45) is 0 Å². The molecule has 0 radical (unpaired) electrons. The Labute approximate surface area is 118 Å². The van der Waals surface area contributed by atoms with Crippen molar-refractivity contribution in [1.29, 1.82) is 0 Å². The second-order valence-electron chi connectivity index (χ2n) is 4.94. The molecule has 20 heavy (non-hydrogen) atoms. The number of para-hydroxylation sites is 1. The summed E-state index contributed by atoms with van der Waals surface area (Å²) in [5.41, 5.74) is 2.81. The predicted molar refractivity (Wildman–Crippen MR) is 77.5 cm³/mol. The number of ether oxygens (including phenoxy) is 1. The average Bonchev–Trinajstić information content (AvgIpc) is 2.42. The van der Waals surface area contributed by atoms with Crippen LogP contribution in [0.3, 0.4) is 0 Å². The van der Waals surface area contributed by atoms with Crippen molar-refractivity contribution in [1.82, 2.24) is 0 Å². The number of aliphatic hydroxyl groups is 1. The Morgan fingerprint density at radius 3 is 2.50 bits per heavy atom. The highest BCUT2D eigenvalue weighted by molar-refractivity contribution is 5.34. The van der Waals surface area contributed by atoms with E-state index in [-0.39, 0.29) is 5.82 Å². The summed E-state index contributed by atoms with van der Waals surface area (Å²) >= 11 is 0. The minimum Gasteiger partial charge on any atom is -0.496 e. The van der Waals surface area contributed by atoms with E-state index in [1.807, 2.05) is 31.2 Å². The smallest absolute Gasteiger partial charge is 0.123 e. The van der Waals surface area contributed by atoms with Crippen molar-refractivity contribution in [2.45, 2.75) is 25.9 Å². The first kappa shape index (κ1) is 14.5. The molecule has 0 spiro atoms. The lowest BCUT2D eigenvalue weighted by Crippen LogP contribution is -2.15. The minimum atomic E-state index is -0.518. The summed E-state index contributed by atoms with van der Waals surface area (Å²) in [4.78, 5) is 0. The lowest BCUT2D eigenvalue weighted by Gasteiger charge is -2.14. The quantitative estimate of drug-likeness (QED) is 0.906. The summed E-state index contributed by atoms with van der Waals surface area (Å²) in [6, 6.07) is 12.3. The summed E-state index contributed by atoms with van der Waals surface area (Å²) in [5, 5.41) is 10.2. The van der Waals surface area contributed by atoms with E-state index in [4.69, 9.17) is 4.74 Å². The molecule has 0 aromatic heterocycles. The summed E-state index contributed by atoms with van der Waals surface area (Å²) in [5.74, 6) is 0.535. The van der Waals surface area contributed by atoms with Gasteiger partial charge in [0.25, 0.3) is 0 Å². The standard InChI is InChI=1S/C17H19FO2/c1-12-9-15(18)8-7-13(12)10-16(19)11-14-5-3-4-6-17(14)20-2/h3-9,16,19H,10-11H2,1-2H3. The maximum Gasteiger partial charge on any atom is 0.123 e. The van der Waals surface area contributed by atoms with Crippen LogP contribution in [-0.2, 0) is 12.8 Å². The molecule has 0 amide bonds. The molecule has 2 nitrogen and oxygen atoms in total. The molecular formula is C17H19FO2. The molecule has 2 aromatic carbocycles. The Kier molecular flexibility index (Phi) is 4.74. The maximum atomic E-state index is 13.1. The van der Waals surface area contributed by atoms with Gasteiger partial charge in [-0.05, 0) is 48.2 Å². The van der Waals surface area contributed by atoms with E-state index in [1.54, 1.807) is 13.2 Å². The van der Waals surface area contributed by atoms with Gasteiger partial charge in [0.05, 0.1) is 13.2 Å². The molecule has 0 bridgehead atoms. The van der Waals surface area contributed by atoms with E-state index in [2.05, 4.69) is 0 Å². The highest BCUT2D eigenvalue weighted by Gasteiger charge is 2.12. The summed E-state index contributed by atoms with van der Waals surface area (Å²) in [7, 11) is 1.62. The second-order valence-corrected chi connectivity index (χ2v) is 4.94. The van der Waals surface area contributed by atoms with Crippen molar-refractivity contribution >= 4 is 0 Å². The van der Waals surface area contributed by atoms with Crippen LogP contribution in [-0.4, -0.2) is 18.3 Å². The number of hydrogen-bond acceptors (Lipinski definition) is 2. The Hall–Kier alpha value is -1.87. The third kappa shape index (κ3) is 3.58. The van der Waals surface area contributed by atoms with Crippen LogP contribution in [0.1, 0.15) is 16.7 Å². The number of methoxy groups -OCH3 is 1. The van der Waals surface area contributed by atoms with Crippen molar-refractivity contribution in [3.05, 3.63) is 65.0 Å². The average molecular weight is 274 g/mol. The minimum absolute atomic E-state index is 0.245. The zero-order valence-electron chi connectivity index (χ0n) is 11.8. The number of halogens is 1. The molecule has 0 aliphatic carbocycles. The lowest BCUT2D eigenvalue weighted by molar-refractivity contribution is 0.174. The van der Waals surface area contributed by atoms with E-state index >= 15 is 0 Å². The molecule has 0 saturated carbocycles. The summed E-state index contributed by atoms with van der Waals surface area (Å²) in [6.45, 7) is 1.86. The highest BCUT2D eigenvalue weighted by Crippen LogP contribution is 2.21. The molecular weight excluding hydrogens is 255 g/mol. The van der Waals surface area contributed by atoms with E-state index in [0.29, 0.717) is 12.8 Å². The van der Waals surface area contributed by atoms with E-state index < -0.39 is 6.10 Å². The lowest BCUT2D eigenvalue weighted by atomic mass is 9.98. The SMILES string of the molecule is COc1ccccc1CC(O)Cc1ccc(F)cc1C. The van der Waals surface area contributed by atoms with Gasteiger partial charge in [0.1, 0.15) is 11.6 Å². The fourth-order valence-corrected chi connectivity index (χ4v) is 2.34. The second kappa shape index (κ2) is 6.53. The molecule has 2 aromatic rings. The first-order valence-electron chi connectivity index (χ1n) is 6.65. The van der Waals surface area contributed by atoms with E-state index in [1.165, 1.54) is 12.1 Å². The maximum absolute atomic E-state index is 13.1. The van der Waals surface area contributed by atoms with E-state index in [0.717, 1.165) is 22.4 Å². The van der Waals surface area contributed by atoms with Gasteiger partial charge in [-0.15, -0.1) is 0 Å². The van der Waals surface area contributed by atoms with Crippen molar-refractivity contribution in [2.75, 3.05) is 7.11 Å². The highest BCUT2D eigenvalue weighted by atomic mass is 19.1.